The number of anilines is 1. The zero-order valence-corrected chi connectivity index (χ0v) is 8.16. The fourth-order valence-electron chi connectivity index (χ4n) is 1.65. The summed E-state index contributed by atoms with van der Waals surface area (Å²) in [4.78, 5) is 11.1. The van der Waals surface area contributed by atoms with Gasteiger partial charge in [0.05, 0.1) is 13.0 Å². The summed E-state index contributed by atoms with van der Waals surface area (Å²) < 4.78 is 10.6. The number of rotatable bonds is 3. The Morgan fingerprint density at radius 2 is 2.40 bits per heavy atom. The van der Waals surface area contributed by atoms with Crippen molar-refractivity contribution in [3.05, 3.63) is 23.8 Å². The lowest BCUT2D eigenvalue weighted by molar-refractivity contribution is -0.115. The van der Waals surface area contributed by atoms with Gasteiger partial charge in [-0.25, -0.2) is 0 Å². The predicted octanol–water partition coefficient (Wildman–Crippen LogP) is 0.959. The largest absolute Gasteiger partial charge is 0.491 e. The van der Waals surface area contributed by atoms with Gasteiger partial charge < -0.3 is 14.8 Å². The van der Waals surface area contributed by atoms with Gasteiger partial charge >= 0.3 is 0 Å². The van der Waals surface area contributed by atoms with Crippen LogP contribution in [0.1, 0.15) is 5.56 Å². The molecule has 1 N–H and O–H groups in total. The molecular formula is C11H11NO3. The summed E-state index contributed by atoms with van der Waals surface area (Å²) in [5, 5.41) is 2.78. The van der Waals surface area contributed by atoms with Crippen molar-refractivity contribution in [1.29, 1.82) is 0 Å². The zero-order chi connectivity index (χ0) is 10.3. The third kappa shape index (κ3) is 1.80. The summed E-state index contributed by atoms with van der Waals surface area (Å²) in [7, 11) is 0. The maximum atomic E-state index is 11.1. The van der Waals surface area contributed by atoms with Crippen molar-refractivity contribution in [2.24, 2.45) is 0 Å². The van der Waals surface area contributed by atoms with E-state index in [1.165, 1.54) is 0 Å². The molecule has 0 unspecified atom stereocenters. The maximum Gasteiger partial charge on any atom is 0.228 e. The van der Waals surface area contributed by atoms with Crippen molar-refractivity contribution in [3.63, 3.8) is 0 Å². The van der Waals surface area contributed by atoms with Crippen LogP contribution in [0.4, 0.5) is 5.69 Å². The standard InChI is InChI=1S/C11H11NO3/c13-11-4-7-3-8(1-2-10(7)12-11)14-5-9-6-15-9/h1-3,9H,4-6H2,(H,12,13)/t9-/m1/s1. The Morgan fingerprint density at radius 1 is 1.53 bits per heavy atom. The molecular weight excluding hydrogens is 194 g/mol. The van der Waals surface area contributed by atoms with Gasteiger partial charge in [0.15, 0.2) is 0 Å². The van der Waals surface area contributed by atoms with E-state index >= 15 is 0 Å². The molecule has 2 aliphatic rings. The Balaban J connectivity index is 1.74. The van der Waals surface area contributed by atoms with Crippen LogP contribution in [0.3, 0.4) is 0 Å². The molecule has 15 heavy (non-hydrogen) atoms. The number of benzene rings is 1. The van der Waals surface area contributed by atoms with Gasteiger partial charge in [-0.3, -0.25) is 4.79 Å². The molecule has 0 aromatic heterocycles. The fraction of sp³-hybridized carbons (Fsp3) is 0.364. The van der Waals surface area contributed by atoms with Gasteiger partial charge in [0, 0.05) is 5.69 Å². The minimum atomic E-state index is 0.0488. The van der Waals surface area contributed by atoms with Crippen molar-refractivity contribution >= 4 is 11.6 Å². The van der Waals surface area contributed by atoms with Gasteiger partial charge in [0.2, 0.25) is 5.91 Å². The van der Waals surface area contributed by atoms with Gasteiger partial charge in [-0.2, -0.15) is 0 Å². The van der Waals surface area contributed by atoms with Gasteiger partial charge in [0.1, 0.15) is 18.5 Å². The summed E-state index contributed by atoms with van der Waals surface area (Å²) in [5.74, 6) is 0.855. The second kappa shape index (κ2) is 3.24. The lowest BCUT2D eigenvalue weighted by Crippen LogP contribution is -2.03. The maximum absolute atomic E-state index is 11.1. The molecule has 0 bridgehead atoms. The molecule has 0 spiro atoms. The number of hydrogen-bond acceptors (Lipinski definition) is 3. The zero-order valence-electron chi connectivity index (χ0n) is 8.16. The molecule has 4 nitrogen and oxygen atoms in total. The Kier molecular flexibility index (Phi) is 1.89. The molecule has 0 radical (unpaired) electrons. The lowest BCUT2D eigenvalue weighted by atomic mass is 10.1. The molecule has 1 saturated heterocycles. The molecule has 1 fully saturated rings. The van der Waals surface area contributed by atoms with Crippen LogP contribution in [0, 0.1) is 0 Å². The van der Waals surface area contributed by atoms with Gasteiger partial charge in [-0.05, 0) is 23.8 Å². The molecule has 2 heterocycles. The molecule has 3 rings (SSSR count). The number of hydrogen-bond donors (Lipinski definition) is 1. The topological polar surface area (TPSA) is 50.9 Å². The van der Waals surface area contributed by atoms with E-state index in [1.807, 2.05) is 18.2 Å². The van der Waals surface area contributed by atoms with Crippen molar-refractivity contribution < 1.29 is 14.3 Å². The monoisotopic (exact) mass is 205 g/mol. The third-order valence-electron chi connectivity index (χ3n) is 2.54. The van der Waals surface area contributed by atoms with E-state index in [-0.39, 0.29) is 12.0 Å². The molecule has 2 aliphatic heterocycles. The van der Waals surface area contributed by atoms with E-state index in [4.69, 9.17) is 9.47 Å². The van der Waals surface area contributed by atoms with E-state index in [2.05, 4.69) is 5.32 Å². The lowest BCUT2D eigenvalue weighted by Gasteiger charge is -2.05. The number of nitrogens with one attached hydrogen (secondary N) is 1. The van der Waals surface area contributed by atoms with Crippen molar-refractivity contribution in [3.8, 4) is 5.75 Å². The van der Waals surface area contributed by atoms with Gasteiger partial charge in [-0.1, -0.05) is 0 Å². The Hall–Kier alpha value is -1.55. The Morgan fingerprint density at radius 3 is 3.20 bits per heavy atom. The van der Waals surface area contributed by atoms with E-state index in [9.17, 15) is 4.79 Å². The van der Waals surface area contributed by atoms with Crippen LogP contribution in [-0.4, -0.2) is 25.2 Å². The Bertz CT molecular complexity index is 412. The summed E-state index contributed by atoms with van der Waals surface area (Å²) in [6.45, 7) is 1.39. The summed E-state index contributed by atoms with van der Waals surface area (Å²) >= 11 is 0. The van der Waals surface area contributed by atoms with Crippen molar-refractivity contribution in [1.82, 2.24) is 0 Å². The third-order valence-corrected chi connectivity index (χ3v) is 2.54. The van der Waals surface area contributed by atoms with Crippen molar-refractivity contribution in [2.75, 3.05) is 18.5 Å². The predicted molar refractivity (Wildman–Crippen MR) is 54.0 cm³/mol. The first-order valence-corrected chi connectivity index (χ1v) is 4.98. The van der Waals surface area contributed by atoms with Crippen LogP contribution in [0.25, 0.3) is 0 Å². The van der Waals surface area contributed by atoms with Crippen molar-refractivity contribution in [2.45, 2.75) is 12.5 Å². The second-order valence-electron chi connectivity index (χ2n) is 3.81. The number of epoxide rings is 1. The first-order valence-electron chi connectivity index (χ1n) is 4.98. The first-order chi connectivity index (χ1) is 7.31. The molecule has 1 amide bonds. The number of ether oxygens (including phenoxy) is 2. The molecule has 4 heteroatoms. The van der Waals surface area contributed by atoms with E-state index in [1.54, 1.807) is 0 Å². The van der Waals surface area contributed by atoms with Gasteiger partial charge in [-0.15, -0.1) is 0 Å². The molecule has 0 saturated carbocycles. The molecule has 0 aliphatic carbocycles. The number of carbonyl (C=O) groups is 1. The van der Waals surface area contributed by atoms with Crippen LogP contribution in [0.15, 0.2) is 18.2 Å². The summed E-state index contributed by atoms with van der Waals surface area (Å²) in [6, 6.07) is 5.66. The van der Waals surface area contributed by atoms with E-state index < -0.39 is 0 Å². The highest BCUT2D eigenvalue weighted by Crippen LogP contribution is 2.27. The summed E-state index contributed by atoms with van der Waals surface area (Å²) in [5.41, 5.74) is 1.91. The average Bonchev–Trinajstić information content (AvgIpc) is 2.96. The van der Waals surface area contributed by atoms with E-state index in [0.29, 0.717) is 13.0 Å². The smallest absolute Gasteiger partial charge is 0.228 e. The first kappa shape index (κ1) is 8.73. The van der Waals surface area contributed by atoms with Crippen LogP contribution < -0.4 is 10.1 Å². The summed E-state index contributed by atoms with van der Waals surface area (Å²) in [6.07, 6.45) is 0.713. The molecule has 1 aromatic carbocycles. The van der Waals surface area contributed by atoms with Crippen LogP contribution >= 0.6 is 0 Å². The fourth-order valence-corrected chi connectivity index (χ4v) is 1.65. The normalized spacial score (nSPS) is 22.1. The highest BCUT2D eigenvalue weighted by Gasteiger charge is 2.23. The van der Waals surface area contributed by atoms with Gasteiger partial charge in [0.25, 0.3) is 0 Å². The SMILES string of the molecule is O=C1Cc2cc(OC[C@@H]3CO3)ccc2N1. The highest BCUT2D eigenvalue weighted by atomic mass is 16.6. The molecule has 78 valence electrons. The Labute approximate surface area is 87.2 Å². The number of amides is 1. The minimum Gasteiger partial charge on any atom is -0.491 e. The number of fused-ring (bicyclic) bond motifs is 1. The minimum absolute atomic E-state index is 0.0488. The second-order valence-corrected chi connectivity index (χ2v) is 3.81. The molecule has 1 aromatic rings. The highest BCUT2D eigenvalue weighted by molar-refractivity contribution is 5.99. The quantitative estimate of drug-likeness (QED) is 0.748. The van der Waals surface area contributed by atoms with Crippen LogP contribution in [-0.2, 0) is 16.0 Å². The van der Waals surface area contributed by atoms with Crippen LogP contribution in [0.5, 0.6) is 5.75 Å². The van der Waals surface area contributed by atoms with E-state index in [0.717, 1.165) is 23.6 Å². The average molecular weight is 205 g/mol. The molecule has 1 atom stereocenters. The van der Waals surface area contributed by atoms with Crippen LogP contribution in [0.2, 0.25) is 0 Å². The number of carbonyl (C=O) groups excluding carboxylic acids is 1.